The molecule has 0 spiro atoms. The number of para-hydroxylation sites is 1. The van der Waals surface area contributed by atoms with E-state index in [0.717, 1.165) is 28.9 Å². The van der Waals surface area contributed by atoms with E-state index in [4.69, 9.17) is 26.1 Å². The standard InChI is InChI=1S/C22H26ClN3O3S/c1-4-28-18-7-5-8-19-21(18)24-22(30-19)26(14-6-13-25(2)3)20(27)15-29-17-11-9-16(23)10-12-17/h5,7-12H,4,6,13-15H2,1-3H3. The second-order valence-corrected chi connectivity index (χ2v) is 8.42. The van der Waals surface area contributed by atoms with Crippen molar-refractivity contribution in [1.82, 2.24) is 9.88 Å². The van der Waals surface area contributed by atoms with Crippen molar-refractivity contribution in [2.24, 2.45) is 0 Å². The highest BCUT2D eigenvalue weighted by Crippen LogP contribution is 2.34. The van der Waals surface area contributed by atoms with Crippen molar-refractivity contribution in [2.75, 3.05) is 45.3 Å². The van der Waals surface area contributed by atoms with Gasteiger partial charge in [0, 0.05) is 11.6 Å². The molecule has 1 heterocycles. The van der Waals surface area contributed by atoms with E-state index in [2.05, 4.69) is 4.90 Å². The smallest absolute Gasteiger partial charge is 0.266 e. The van der Waals surface area contributed by atoms with Crippen LogP contribution >= 0.6 is 22.9 Å². The summed E-state index contributed by atoms with van der Waals surface area (Å²) in [4.78, 5) is 21.6. The number of rotatable bonds is 10. The van der Waals surface area contributed by atoms with Gasteiger partial charge in [-0.25, -0.2) is 4.98 Å². The number of benzene rings is 2. The van der Waals surface area contributed by atoms with Crippen LogP contribution in [0.1, 0.15) is 13.3 Å². The van der Waals surface area contributed by atoms with Gasteiger partial charge in [0.15, 0.2) is 11.7 Å². The minimum absolute atomic E-state index is 0.0716. The number of carbonyl (C=O) groups is 1. The van der Waals surface area contributed by atoms with Gasteiger partial charge in [0.1, 0.15) is 17.0 Å². The molecule has 30 heavy (non-hydrogen) atoms. The van der Waals surface area contributed by atoms with Crippen LogP contribution in [0.5, 0.6) is 11.5 Å². The van der Waals surface area contributed by atoms with Crippen LogP contribution in [-0.2, 0) is 4.79 Å². The summed E-state index contributed by atoms with van der Waals surface area (Å²) in [7, 11) is 4.03. The van der Waals surface area contributed by atoms with E-state index in [-0.39, 0.29) is 12.5 Å². The van der Waals surface area contributed by atoms with E-state index in [1.807, 2.05) is 39.2 Å². The summed E-state index contributed by atoms with van der Waals surface area (Å²) in [5.74, 6) is 1.19. The number of aromatic nitrogens is 1. The quantitative estimate of drug-likeness (QED) is 0.450. The Morgan fingerprint density at radius 2 is 1.87 bits per heavy atom. The number of ether oxygens (including phenoxy) is 2. The van der Waals surface area contributed by atoms with E-state index in [9.17, 15) is 4.79 Å². The monoisotopic (exact) mass is 447 g/mol. The number of thiazole rings is 1. The summed E-state index contributed by atoms with van der Waals surface area (Å²) in [6, 6.07) is 12.8. The Morgan fingerprint density at radius 3 is 2.57 bits per heavy atom. The van der Waals surface area contributed by atoms with E-state index in [1.54, 1.807) is 29.2 Å². The normalized spacial score (nSPS) is 11.1. The zero-order valence-electron chi connectivity index (χ0n) is 17.4. The number of hydrogen-bond acceptors (Lipinski definition) is 6. The maximum absolute atomic E-state index is 13.0. The first-order valence-corrected chi connectivity index (χ1v) is 11.0. The maximum atomic E-state index is 13.0. The van der Waals surface area contributed by atoms with Crippen LogP contribution in [0.25, 0.3) is 10.2 Å². The van der Waals surface area contributed by atoms with Crippen molar-refractivity contribution in [3.63, 3.8) is 0 Å². The lowest BCUT2D eigenvalue weighted by Gasteiger charge is -2.21. The topological polar surface area (TPSA) is 54.9 Å². The molecule has 0 aliphatic rings. The van der Waals surface area contributed by atoms with Gasteiger partial charge in [0.2, 0.25) is 0 Å². The van der Waals surface area contributed by atoms with Crippen LogP contribution in [0.15, 0.2) is 42.5 Å². The van der Waals surface area contributed by atoms with Gasteiger partial charge in [0.05, 0.1) is 11.3 Å². The van der Waals surface area contributed by atoms with Crippen molar-refractivity contribution in [2.45, 2.75) is 13.3 Å². The lowest BCUT2D eigenvalue weighted by atomic mass is 10.3. The predicted octanol–water partition coefficient (Wildman–Crippen LogP) is 4.71. The number of hydrogen-bond donors (Lipinski definition) is 0. The van der Waals surface area contributed by atoms with Crippen molar-refractivity contribution >= 4 is 44.2 Å². The molecule has 0 unspecified atom stereocenters. The van der Waals surface area contributed by atoms with Gasteiger partial charge in [-0.05, 0) is 70.4 Å². The van der Waals surface area contributed by atoms with E-state index >= 15 is 0 Å². The fourth-order valence-electron chi connectivity index (χ4n) is 2.92. The summed E-state index contributed by atoms with van der Waals surface area (Å²) in [5, 5.41) is 1.28. The van der Waals surface area contributed by atoms with Gasteiger partial charge in [-0.2, -0.15) is 0 Å². The SMILES string of the molecule is CCOc1cccc2sc(N(CCCN(C)C)C(=O)COc3ccc(Cl)cc3)nc12. The molecule has 3 rings (SSSR count). The maximum Gasteiger partial charge on any atom is 0.266 e. The van der Waals surface area contributed by atoms with Gasteiger partial charge in [0.25, 0.3) is 5.91 Å². The fourth-order valence-corrected chi connectivity index (χ4v) is 4.08. The third-order valence-corrected chi connectivity index (χ3v) is 5.66. The van der Waals surface area contributed by atoms with Crippen LogP contribution in [0.2, 0.25) is 5.02 Å². The molecule has 2 aromatic carbocycles. The lowest BCUT2D eigenvalue weighted by Crippen LogP contribution is -2.36. The molecule has 0 fully saturated rings. The molecule has 1 amide bonds. The van der Waals surface area contributed by atoms with Gasteiger partial charge in [-0.3, -0.25) is 9.69 Å². The Hall–Kier alpha value is -2.35. The Bertz CT molecular complexity index is 975. The van der Waals surface area contributed by atoms with Crippen molar-refractivity contribution in [1.29, 1.82) is 0 Å². The van der Waals surface area contributed by atoms with Crippen LogP contribution in [0, 0.1) is 0 Å². The molecule has 0 saturated carbocycles. The molecule has 1 aromatic heterocycles. The molecular formula is C22H26ClN3O3S. The third kappa shape index (κ3) is 5.84. The molecule has 0 radical (unpaired) electrons. The average molecular weight is 448 g/mol. The molecule has 0 aliphatic heterocycles. The average Bonchev–Trinajstić information content (AvgIpc) is 3.15. The molecule has 160 valence electrons. The summed E-state index contributed by atoms with van der Waals surface area (Å²) >= 11 is 7.39. The summed E-state index contributed by atoms with van der Waals surface area (Å²) in [6.07, 6.45) is 0.827. The van der Waals surface area contributed by atoms with Crippen LogP contribution < -0.4 is 14.4 Å². The van der Waals surface area contributed by atoms with E-state index in [0.29, 0.717) is 29.1 Å². The van der Waals surface area contributed by atoms with E-state index in [1.165, 1.54) is 11.3 Å². The molecule has 0 bridgehead atoms. The van der Waals surface area contributed by atoms with Gasteiger partial charge in [-0.15, -0.1) is 0 Å². The second kappa shape index (κ2) is 10.6. The van der Waals surface area contributed by atoms with Gasteiger partial charge < -0.3 is 14.4 Å². The van der Waals surface area contributed by atoms with Crippen molar-refractivity contribution < 1.29 is 14.3 Å². The number of carbonyl (C=O) groups excluding carboxylic acids is 1. The Balaban J connectivity index is 1.80. The predicted molar refractivity (Wildman–Crippen MR) is 123 cm³/mol. The first-order valence-electron chi connectivity index (χ1n) is 9.83. The molecule has 6 nitrogen and oxygen atoms in total. The number of nitrogens with zero attached hydrogens (tertiary/aromatic N) is 3. The highest BCUT2D eigenvalue weighted by molar-refractivity contribution is 7.22. The first-order chi connectivity index (χ1) is 14.5. The zero-order valence-corrected chi connectivity index (χ0v) is 19.0. The third-order valence-electron chi connectivity index (χ3n) is 4.37. The van der Waals surface area contributed by atoms with Crippen LogP contribution in [0.3, 0.4) is 0 Å². The number of amides is 1. The molecular weight excluding hydrogens is 422 g/mol. The highest BCUT2D eigenvalue weighted by Gasteiger charge is 2.21. The number of halogens is 1. The summed E-state index contributed by atoms with van der Waals surface area (Å²) in [6.45, 7) is 3.86. The highest BCUT2D eigenvalue weighted by atomic mass is 35.5. The van der Waals surface area contributed by atoms with Crippen molar-refractivity contribution in [3.05, 3.63) is 47.5 Å². The minimum atomic E-state index is -0.138. The largest absolute Gasteiger partial charge is 0.492 e. The minimum Gasteiger partial charge on any atom is -0.492 e. The first kappa shape index (κ1) is 22.3. The Kier molecular flexibility index (Phi) is 7.90. The zero-order chi connectivity index (χ0) is 21.5. The summed E-state index contributed by atoms with van der Waals surface area (Å²) < 4.78 is 12.4. The Morgan fingerprint density at radius 1 is 1.10 bits per heavy atom. The molecule has 0 saturated heterocycles. The van der Waals surface area contributed by atoms with Crippen LogP contribution in [0.4, 0.5) is 5.13 Å². The van der Waals surface area contributed by atoms with E-state index < -0.39 is 0 Å². The van der Waals surface area contributed by atoms with Crippen LogP contribution in [-0.4, -0.2) is 56.2 Å². The second-order valence-electron chi connectivity index (χ2n) is 6.98. The van der Waals surface area contributed by atoms with Crippen molar-refractivity contribution in [3.8, 4) is 11.5 Å². The number of fused-ring (bicyclic) bond motifs is 1. The summed E-state index contributed by atoms with van der Waals surface area (Å²) in [5.41, 5.74) is 0.781. The Labute approximate surface area is 186 Å². The van der Waals surface area contributed by atoms with Gasteiger partial charge >= 0.3 is 0 Å². The molecule has 0 aliphatic carbocycles. The fraction of sp³-hybridized carbons (Fsp3) is 0.364. The van der Waals surface area contributed by atoms with Gasteiger partial charge in [-0.1, -0.05) is 29.0 Å². The lowest BCUT2D eigenvalue weighted by molar-refractivity contribution is -0.120. The molecule has 0 N–H and O–H groups in total. The number of anilines is 1. The molecule has 0 atom stereocenters. The molecule has 8 heteroatoms. The molecule has 3 aromatic rings.